The molecule has 2 atom stereocenters. The van der Waals surface area contributed by atoms with Crippen LogP contribution < -0.4 is 37.9 Å². The van der Waals surface area contributed by atoms with E-state index in [1.54, 1.807) is 124 Å². The Morgan fingerprint density at radius 3 is 1.12 bits per heavy atom. The third kappa shape index (κ3) is 27.0. The maximum Gasteiger partial charge on any atom is 0.300 e. The second-order valence-corrected chi connectivity index (χ2v) is 26.8. The quantitative estimate of drug-likeness (QED) is 0.0148. The van der Waals surface area contributed by atoms with Crippen LogP contribution in [0.5, 0.6) is 92.0 Å². The first-order valence-electron chi connectivity index (χ1n) is 37.0. The first-order chi connectivity index (χ1) is 57.5. The highest BCUT2D eigenvalue weighted by Gasteiger charge is 2.34. The summed E-state index contributed by atoms with van der Waals surface area (Å²) in [5.41, 5.74) is 12.2. The number of ketones is 3. The maximum absolute atomic E-state index is 12.3. The fourth-order valence-corrected chi connectivity index (χ4v) is 11.7. The molecule has 2 aliphatic rings. The molecule has 28 nitrogen and oxygen atoms in total. The van der Waals surface area contributed by atoms with E-state index in [0.29, 0.717) is 80.7 Å². The number of amides is 2. The minimum atomic E-state index is -0.833. The average molecular weight is 1660 g/mol. The highest BCUT2D eigenvalue weighted by molar-refractivity contribution is 6.08. The first kappa shape index (κ1) is 94.8. The SMILES string of the molecule is CC(=O)N1N=C(c2ccc(O)c(O)c2)CC1c1ccc(O)c(O)c1.CC(=O)O.COc1cc(C(=O)/C=C/c2ccc(OC)c(OC)c2)ccc1C.COc1cc(C(C)=O)ccc1C.COc1cc(C2=NN(C(C)=O)C(c3ccc(OC)c(OC)c3)C2)ccc1C.COc1cc(C=O)ccc1C.O=C(/C=C/c1ccc(O)c(O)c1)c1ccc(O)c(O)c1. The van der Waals surface area contributed by atoms with Crippen molar-refractivity contribution in [2.24, 2.45) is 10.2 Å². The van der Waals surface area contributed by atoms with Crippen molar-refractivity contribution in [1.82, 2.24) is 10.0 Å². The molecule has 0 spiro atoms. The van der Waals surface area contributed by atoms with Crippen LogP contribution in [0.25, 0.3) is 12.2 Å². The molecule has 2 amide bonds. The molecule has 0 fully saturated rings. The summed E-state index contributed by atoms with van der Waals surface area (Å²) >= 11 is 0. The van der Waals surface area contributed by atoms with Gasteiger partial charge < -0.3 is 83.9 Å². The molecule has 2 heterocycles. The number of aldehydes is 1. The molecule has 0 radical (unpaired) electrons. The summed E-state index contributed by atoms with van der Waals surface area (Å²) in [7, 11) is 12.8. The number of carboxylic acid groups (broad SMARTS) is 1. The van der Waals surface area contributed by atoms with Crippen LogP contribution in [0.4, 0.5) is 0 Å². The van der Waals surface area contributed by atoms with Gasteiger partial charge in [0, 0.05) is 67.0 Å². The van der Waals surface area contributed by atoms with Gasteiger partial charge in [0.25, 0.3) is 5.97 Å². The molecule has 0 saturated carbocycles. The van der Waals surface area contributed by atoms with Gasteiger partial charge in [-0.1, -0.05) is 84.9 Å². The number of carbonyl (C=O) groups is 7. The number of methoxy groups -OCH3 is 8. The van der Waals surface area contributed by atoms with Gasteiger partial charge in [-0.3, -0.25) is 33.6 Å². The Labute approximate surface area is 700 Å². The Morgan fingerprint density at radius 1 is 0.339 bits per heavy atom. The zero-order valence-electron chi connectivity index (χ0n) is 69.7. The van der Waals surface area contributed by atoms with Crippen LogP contribution in [-0.2, 0) is 14.4 Å². The number of carbonyl (C=O) groups excluding carboxylic acids is 6. The lowest BCUT2D eigenvalue weighted by Gasteiger charge is -2.21. The summed E-state index contributed by atoms with van der Waals surface area (Å²) < 4.78 is 41.9. The molecule has 121 heavy (non-hydrogen) atoms. The Morgan fingerprint density at radius 2 is 0.661 bits per heavy atom. The third-order valence-corrected chi connectivity index (χ3v) is 18.3. The summed E-state index contributed by atoms with van der Waals surface area (Å²) in [5.74, 6) is 1.79. The predicted molar refractivity (Wildman–Crippen MR) is 457 cm³/mol. The predicted octanol–water partition coefficient (Wildman–Crippen LogP) is 16.4. The van der Waals surface area contributed by atoms with Crippen molar-refractivity contribution >= 4 is 65.0 Å². The lowest BCUT2D eigenvalue weighted by Crippen LogP contribution is -2.24. The van der Waals surface area contributed by atoms with E-state index in [9.17, 15) is 59.4 Å². The summed E-state index contributed by atoms with van der Waals surface area (Å²) in [6, 6.07) is 49.4. The zero-order chi connectivity index (χ0) is 89.5. The van der Waals surface area contributed by atoms with Gasteiger partial charge in [0.15, 0.2) is 86.3 Å². The number of hydrazone groups is 2. The third-order valence-electron chi connectivity index (χ3n) is 18.3. The van der Waals surface area contributed by atoms with Crippen LogP contribution in [0.3, 0.4) is 0 Å². The molecule has 634 valence electrons. The van der Waals surface area contributed by atoms with Gasteiger partial charge in [-0.15, -0.1) is 0 Å². The summed E-state index contributed by atoms with van der Waals surface area (Å²) in [5, 5.41) is 94.3. The largest absolute Gasteiger partial charge is 0.504 e. The van der Waals surface area contributed by atoms with Crippen LogP contribution in [0, 0.1) is 27.7 Å². The number of carboxylic acids is 1. The van der Waals surface area contributed by atoms with E-state index in [0.717, 1.165) is 81.2 Å². The van der Waals surface area contributed by atoms with Crippen molar-refractivity contribution in [3.05, 3.63) is 272 Å². The molecule has 2 unspecified atom stereocenters. The minimum absolute atomic E-state index is 0.0632. The maximum atomic E-state index is 12.3. The van der Waals surface area contributed by atoms with Crippen LogP contribution in [0.2, 0.25) is 0 Å². The highest BCUT2D eigenvalue weighted by atomic mass is 16.5. The van der Waals surface area contributed by atoms with E-state index in [2.05, 4.69) is 10.2 Å². The number of hydrogen-bond donors (Lipinski definition) is 9. The van der Waals surface area contributed by atoms with Crippen molar-refractivity contribution in [3.63, 3.8) is 0 Å². The Bertz CT molecular complexity index is 5490. The van der Waals surface area contributed by atoms with Gasteiger partial charge in [-0.2, -0.15) is 10.2 Å². The van der Waals surface area contributed by atoms with Crippen LogP contribution >= 0.6 is 0 Å². The molecule has 12 rings (SSSR count). The van der Waals surface area contributed by atoms with Crippen molar-refractivity contribution in [2.45, 2.75) is 80.3 Å². The van der Waals surface area contributed by atoms with E-state index >= 15 is 0 Å². The molecule has 0 aliphatic carbocycles. The van der Waals surface area contributed by atoms with Gasteiger partial charge >= 0.3 is 0 Å². The fraction of sp³-hybridized carbons (Fsp3) is 0.215. The lowest BCUT2D eigenvalue weighted by atomic mass is 9.97. The van der Waals surface area contributed by atoms with Crippen molar-refractivity contribution in [1.29, 1.82) is 0 Å². The van der Waals surface area contributed by atoms with Gasteiger partial charge in [-0.05, 0) is 200 Å². The first-order valence-corrected chi connectivity index (χ1v) is 37.0. The molecule has 10 aromatic carbocycles. The molecule has 10 aromatic rings. The van der Waals surface area contributed by atoms with Crippen molar-refractivity contribution in [2.75, 3.05) is 56.9 Å². The van der Waals surface area contributed by atoms with E-state index in [-0.39, 0.29) is 86.8 Å². The topological polar surface area (TPSA) is 407 Å². The monoisotopic (exact) mass is 1650 g/mol. The molecular weight excluding hydrogens is 1560 g/mol. The molecule has 2 aliphatic heterocycles. The van der Waals surface area contributed by atoms with Gasteiger partial charge in [0.1, 0.15) is 29.3 Å². The fourth-order valence-electron chi connectivity index (χ4n) is 11.7. The summed E-state index contributed by atoms with van der Waals surface area (Å²) in [6.45, 7) is 13.4. The standard InChI is InChI=1S/C21H24N2O4.C19H20O4.C17H16N2O5.C15H12O5.C10H12O2.C9H10O2.C2H4O2/c1-13-6-7-15(10-20(13)26-4)17-12-18(23(22-17)14(2)24)16-8-9-19(25-3)21(11-16)27-5;1-13-5-8-15(12-18(13)22-3)16(20)9-6-14-7-10-17(21-2)19(11-14)23-4;1-9(20)19-13(11-3-5-15(22)17(24)7-11)8-12(18-19)10-2-4-14(21)16(23)6-10;16-11(10-3-6-13(18)15(20)8-10)4-1-9-2-5-12(17)14(19)7-9;1-7-4-5-9(8(2)11)6-10(7)12-3;1-7-3-4-8(6-10)5-9(7)11-2;1-2(3)4/h6-11,18H,12H2,1-5H3;5-12H,1-4H3;2-7,13,21-24H,8H2,1H3;1-8,17-20H;4-6H,1-3H3;3-6H,1-2H3;1H3,(H,3,4)/b;9-6+;;4-1+;;;. The average Bonchev–Trinajstić information content (AvgIpc) is 1.65. The number of aromatic hydroxyl groups is 8. The number of benzene rings is 10. The lowest BCUT2D eigenvalue weighted by molar-refractivity contribution is -0.134. The van der Waals surface area contributed by atoms with E-state index in [1.807, 2.05) is 94.4 Å². The number of aryl methyl sites for hydroxylation is 4. The molecule has 0 aromatic heterocycles. The number of allylic oxidation sites excluding steroid dienone is 2. The Hall–Kier alpha value is -15.1. The van der Waals surface area contributed by atoms with E-state index < -0.39 is 12.0 Å². The number of aliphatic carboxylic acids is 1. The summed E-state index contributed by atoms with van der Waals surface area (Å²) in [4.78, 5) is 78.5. The number of rotatable bonds is 20. The van der Waals surface area contributed by atoms with Crippen LogP contribution in [0.15, 0.2) is 204 Å². The number of nitrogens with zero attached hydrogens (tertiary/aromatic N) is 4. The molecule has 9 N–H and O–H groups in total. The van der Waals surface area contributed by atoms with Crippen LogP contribution in [-0.4, -0.2) is 166 Å². The second kappa shape index (κ2) is 45.4. The number of Topliss-reactive ketones (excluding diaryl/α,β-unsaturated/α-hetero) is 1. The second-order valence-electron chi connectivity index (χ2n) is 26.8. The molecule has 0 bridgehead atoms. The van der Waals surface area contributed by atoms with Crippen LogP contribution in [0.1, 0.15) is 150 Å². The summed E-state index contributed by atoms with van der Waals surface area (Å²) in [6.07, 6.45) is 7.79. The van der Waals surface area contributed by atoms with Crippen molar-refractivity contribution in [3.8, 4) is 92.0 Å². The van der Waals surface area contributed by atoms with Crippen molar-refractivity contribution < 1.29 is 117 Å². The smallest absolute Gasteiger partial charge is 0.300 e. The Kier molecular flexibility index (Phi) is 35.6. The number of ether oxygens (including phenoxy) is 8. The normalized spacial score (nSPS) is 12.8. The highest BCUT2D eigenvalue weighted by Crippen LogP contribution is 2.41. The molecule has 0 saturated heterocycles. The van der Waals surface area contributed by atoms with Gasteiger partial charge in [-0.25, -0.2) is 10.0 Å². The number of phenolic OH excluding ortho intramolecular Hbond substituents is 8. The van der Waals surface area contributed by atoms with Gasteiger partial charge in [0.05, 0.1) is 80.4 Å². The van der Waals surface area contributed by atoms with Gasteiger partial charge in [0.2, 0.25) is 11.8 Å². The number of phenols is 8. The van der Waals surface area contributed by atoms with E-state index in [4.69, 9.17) is 58.0 Å². The Balaban J connectivity index is 0.000000228. The molecule has 28 heteroatoms. The zero-order valence-corrected chi connectivity index (χ0v) is 69.7. The minimum Gasteiger partial charge on any atom is -0.504 e. The molecular formula is C93H98N4O24. The number of hydrogen-bond acceptors (Lipinski definition) is 25. The van der Waals surface area contributed by atoms with E-state index in [1.165, 1.54) is 96.7 Å².